The Morgan fingerprint density at radius 1 is 1.15 bits per heavy atom. The zero-order chi connectivity index (χ0) is 14.4. The molecule has 0 aromatic carbocycles. The Balaban J connectivity index is 1.63. The van der Waals surface area contributed by atoms with Crippen LogP contribution in [0.4, 0.5) is 0 Å². The third-order valence-corrected chi connectivity index (χ3v) is 3.91. The number of rotatable bonds is 5. The smallest absolute Gasteiger partial charge is 0.287 e. The van der Waals surface area contributed by atoms with Crippen LogP contribution in [0.25, 0.3) is 0 Å². The largest absolute Gasteiger partial charge is 0.444 e. The van der Waals surface area contributed by atoms with E-state index in [1.54, 1.807) is 12.1 Å². The summed E-state index contributed by atoms with van der Waals surface area (Å²) >= 11 is 3.14. The van der Waals surface area contributed by atoms with Crippen molar-refractivity contribution >= 4 is 27.7 Å². The molecular weight excluding hydrogens is 324 g/mol. The predicted octanol–water partition coefficient (Wildman–Crippen LogP) is 2.47. The molecule has 0 unspecified atom stereocenters. The van der Waals surface area contributed by atoms with Crippen LogP contribution in [0.2, 0.25) is 0 Å². The van der Waals surface area contributed by atoms with Gasteiger partial charge >= 0.3 is 0 Å². The Bertz CT molecular complexity index is 467. The lowest BCUT2D eigenvalue weighted by Crippen LogP contribution is -2.38. The molecule has 0 atom stereocenters. The van der Waals surface area contributed by atoms with Gasteiger partial charge in [0.05, 0.1) is 0 Å². The molecule has 20 heavy (non-hydrogen) atoms. The Hall–Kier alpha value is -1.30. The molecule has 1 aromatic heterocycles. The number of carbonyl (C=O) groups excluding carboxylic acids is 2. The van der Waals surface area contributed by atoms with Crippen molar-refractivity contribution in [3.63, 3.8) is 0 Å². The predicted molar refractivity (Wildman–Crippen MR) is 78.3 cm³/mol. The molecule has 2 N–H and O–H groups in total. The number of halogens is 1. The SMILES string of the molecule is O=C(NCCNC(=O)C1CCCCC1)c1ccc(Br)o1. The first kappa shape index (κ1) is 15.1. The Morgan fingerprint density at radius 3 is 2.50 bits per heavy atom. The van der Waals surface area contributed by atoms with Crippen molar-refractivity contribution in [2.24, 2.45) is 5.92 Å². The van der Waals surface area contributed by atoms with Crippen molar-refractivity contribution in [2.45, 2.75) is 32.1 Å². The molecule has 2 amide bonds. The van der Waals surface area contributed by atoms with E-state index in [0.29, 0.717) is 17.8 Å². The van der Waals surface area contributed by atoms with Crippen LogP contribution in [0.15, 0.2) is 21.2 Å². The molecule has 1 heterocycles. The fourth-order valence-electron chi connectivity index (χ4n) is 2.39. The molecular formula is C14H19BrN2O3. The molecule has 0 saturated heterocycles. The maximum atomic E-state index is 11.9. The van der Waals surface area contributed by atoms with Crippen molar-refractivity contribution in [1.82, 2.24) is 10.6 Å². The highest BCUT2D eigenvalue weighted by atomic mass is 79.9. The van der Waals surface area contributed by atoms with Gasteiger partial charge in [0.15, 0.2) is 10.4 Å². The van der Waals surface area contributed by atoms with Gasteiger partial charge in [-0.25, -0.2) is 0 Å². The van der Waals surface area contributed by atoms with E-state index in [-0.39, 0.29) is 23.5 Å². The summed E-state index contributed by atoms with van der Waals surface area (Å²) in [5, 5.41) is 5.57. The summed E-state index contributed by atoms with van der Waals surface area (Å²) in [6, 6.07) is 3.26. The number of carbonyl (C=O) groups is 2. The van der Waals surface area contributed by atoms with E-state index in [1.807, 2.05) is 0 Å². The van der Waals surface area contributed by atoms with Crippen LogP contribution in [0.5, 0.6) is 0 Å². The first-order valence-electron chi connectivity index (χ1n) is 6.98. The minimum Gasteiger partial charge on any atom is -0.444 e. The molecule has 1 fully saturated rings. The monoisotopic (exact) mass is 342 g/mol. The molecule has 0 bridgehead atoms. The summed E-state index contributed by atoms with van der Waals surface area (Å²) in [6.07, 6.45) is 5.49. The molecule has 1 aliphatic carbocycles. The van der Waals surface area contributed by atoms with E-state index in [4.69, 9.17) is 4.42 Å². The van der Waals surface area contributed by atoms with Crippen molar-refractivity contribution in [1.29, 1.82) is 0 Å². The summed E-state index contributed by atoms with van der Waals surface area (Å²) in [6.45, 7) is 0.846. The van der Waals surface area contributed by atoms with Gasteiger partial charge in [-0.2, -0.15) is 0 Å². The molecule has 0 radical (unpaired) electrons. The van der Waals surface area contributed by atoms with E-state index in [1.165, 1.54) is 6.42 Å². The second-order valence-electron chi connectivity index (χ2n) is 4.99. The first-order valence-corrected chi connectivity index (χ1v) is 7.77. The quantitative estimate of drug-likeness (QED) is 0.807. The Labute approximate surface area is 126 Å². The standard InChI is InChI=1S/C14H19BrN2O3/c15-12-7-6-11(20-12)14(19)17-9-8-16-13(18)10-4-2-1-3-5-10/h6-7,10H,1-5,8-9H2,(H,16,18)(H,17,19). The van der Waals surface area contributed by atoms with Gasteiger partial charge in [0.25, 0.3) is 5.91 Å². The fraction of sp³-hybridized carbons (Fsp3) is 0.571. The fourth-order valence-corrected chi connectivity index (χ4v) is 2.70. The summed E-state index contributed by atoms with van der Waals surface area (Å²) < 4.78 is 5.66. The number of hydrogen-bond donors (Lipinski definition) is 2. The number of amides is 2. The molecule has 6 heteroatoms. The zero-order valence-electron chi connectivity index (χ0n) is 11.3. The lowest BCUT2D eigenvalue weighted by molar-refractivity contribution is -0.125. The average Bonchev–Trinajstić information content (AvgIpc) is 2.91. The lowest BCUT2D eigenvalue weighted by Gasteiger charge is -2.20. The minimum absolute atomic E-state index is 0.111. The van der Waals surface area contributed by atoms with Gasteiger partial charge in [0, 0.05) is 19.0 Å². The van der Waals surface area contributed by atoms with Crippen LogP contribution in [0.1, 0.15) is 42.7 Å². The highest BCUT2D eigenvalue weighted by molar-refractivity contribution is 9.10. The molecule has 0 spiro atoms. The van der Waals surface area contributed by atoms with E-state index in [9.17, 15) is 9.59 Å². The van der Waals surface area contributed by atoms with Crippen molar-refractivity contribution in [3.8, 4) is 0 Å². The summed E-state index contributed by atoms with van der Waals surface area (Å²) in [5.41, 5.74) is 0. The highest BCUT2D eigenvalue weighted by Crippen LogP contribution is 2.23. The Morgan fingerprint density at radius 2 is 1.85 bits per heavy atom. The number of hydrogen-bond acceptors (Lipinski definition) is 3. The summed E-state index contributed by atoms with van der Waals surface area (Å²) in [5.74, 6) is 0.248. The lowest BCUT2D eigenvalue weighted by atomic mass is 9.89. The van der Waals surface area contributed by atoms with Crippen LogP contribution in [-0.2, 0) is 4.79 Å². The van der Waals surface area contributed by atoms with Crippen LogP contribution >= 0.6 is 15.9 Å². The van der Waals surface area contributed by atoms with Crippen LogP contribution in [0.3, 0.4) is 0 Å². The van der Waals surface area contributed by atoms with Gasteiger partial charge in [-0.15, -0.1) is 0 Å². The van der Waals surface area contributed by atoms with E-state index in [2.05, 4.69) is 26.6 Å². The molecule has 1 saturated carbocycles. The molecule has 1 aliphatic rings. The van der Waals surface area contributed by atoms with Gasteiger partial charge in [0.2, 0.25) is 5.91 Å². The highest BCUT2D eigenvalue weighted by Gasteiger charge is 2.20. The molecule has 2 rings (SSSR count). The first-order chi connectivity index (χ1) is 9.66. The third-order valence-electron chi connectivity index (χ3n) is 3.48. The summed E-state index contributed by atoms with van der Waals surface area (Å²) in [7, 11) is 0. The van der Waals surface area contributed by atoms with Crippen molar-refractivity contribution in [2.75, 3.05) is 13.1 Å². The summed E-state index contributed by atoms with van der Waals surface area (Å²) in [4.78, 5) is 23.5. The normalized spacial score (nSPS) is 15.8. The van der Waals surface area contributed by atoms with E-state index >= 15 is 0 Å². The number of nitrogens with one attached hydrogen (secondary N) is 2. The van der Waals surface area contributed by atoms with E-state index < -0.39 is 0 Å². The maximum absolute atomic E-state index is 11.9. The molecule has 1 aromatic rings. The topological polar surface area (TPSA) is 71.3 Å². The Kier molecular flexibility index (Phi) is 5.64. The van der Waals surface area contributed by atoms with Crippen molar-refractivity contribution < 1.29 is 14.0 Å². The molecule has 5 nitrogen and oxygen atoms in total. The van der Waals surface area contributed by atoms with Gasteiger partial charge in [-0.05, 0) is 40.9 Å². The second-order valence-corrected chi connectivity index (χ2v) is 5.77. The molecule has 110 valence electrons. The maximum Gasteiger partial charge on any atom is 0.287 e. The van der Waals surface area contributed by atoms with Gasteiger partial charge in [0.1, 0.15) is 0 Å². The second kappa shape index (κ2) is 7.47. The zero-order valence-corrected chi connectivity index (χ0v) is 12.9. The van der Waals surface area contributed by atoms with Crippen LogP contribution in [0, 0.1) is 5.92 Å². The average molecular weight is 343 g/mol. The van der Waals surface area contributed by atoms with E-state index in [0.717, 1.165) is 25.7 Å². The van der Waals surface area contributed by atoms with Crippen molar-refractivity contribution in [3.05, 3.63) is 22.6 Å². The number of furan rings is 1. The van der Waals surface area contributed by atoms with Gasteiger partial charge in [-0.1, -0.05) is 19.3 Å². The van der Waals surface area contributed by atoms with Crippen LogP contribution in [-0.4, -0.2) is 24.9 Å². The van der Waals surface area contributed by atoms with Gasteiger partial charge in [-0.3, -0.25) is 9.59 Å². The third kappa shape index (κ3) is 4.37. The minimum atomic E-state index is -0.275. The van der Waals surface area contributed by atoms with Gasteiger partial charge < -0.3 is 15.1 Å². The molecule has 0 aliphatic heterocycles. The van der Waals surface area contributed by atoms with Crippen LogP contribution < -0.4 is 10.6 Å².